The Labute approximate surface area is 176 Å². The number of amides is 1. The van der Waals surface area contributed by atoms with Gasteiger partial charge < -0.3 is 45.1 Å². The number of hydrogen-bond acceptors (Lipinski definition) is 13. The fourth-order valence-corrected chi connectivity index (χ4v) is 2.57. The first-order chi connectivity index (χ1) is 12.9. The lowest BCUT2D eigenvalue weighted by molar-refractivity contribution is -0.427. The van der Waals surface area contributed by atoms with Gasteiger partial charge in [0.25, 0.3) is 0 Å². The molecule has 0 rings (SSSR count). The van der Waals surface area contributed by atoms with E-state index in [0.717, 1.165) is 22.6 Å². The van der Waals surface area contributed by atoms with Gasteiger partial charge in [-0.2, -0.15) is 0 Å². The van der Waals surface area contributed by atoms with Crippen LogP contribution in [0.3, 0.4) is 0 Å². The number of aliphatic hydroxyl groups excluding tert-OH is 2. The van der Waals surface area contributed by atoms with Crippen molar-refractivity contribution in [2.45, 2.75) is 55.2 Å². The highest BCUT2D eigenvalue weighted by atomic mass is 127. The number of rotatable bonds is 8. The summed E-state index contributed by atoms with van der Waals surface area (Å²) in [6.45, 7) is 2.60. The zero-order chi connectivity index (χ0) is 23.4. The lowest BCUT2D eigenvalue weighted by atomic mass is 9.88. The normalized spacial score (nSPS) is 19.2. The number of nitrogens with one attached hydrogen (secondary N) is 1. The van der Waals surface area contributed by atoms with Crippen LogP contribution < -0.4 is 5.32 Å². The molecule has 6 N–H and O–H groups in total. The maximum Gasteiger partial charge on any atom is 0.374 e. The van der Waals surface area contributed by atoms with Crippen LogP contribution in [0.2, 0.25) is 0 Å². The number of aliphatic hydroxyl groups is 5. The molecular weight excluding hydrogens is 517 g/mol. The number of halogens is 1. The Kier molecular flexibility index (Phi) is 9.08. The smallest absolute Gasteiger partial charge is 0.374 e. The highest BCUT2D eigenvalue weighted by molar-refractivity contribution is 14.1. The van der Waals surface area contributed by atoms with E-state index < -0.39 is 57.3 Å². The Morgan fingerprint density at radius 1 is 0.862 bits per heavy atom. The molecule has 5 unspecified atom stereocenters. The zero-order valence-corrected chi connectivity index (χ0v) is 17.7. The van der Waals surface area contributed by atoms with Crippen molar-refractivity contribution < 1.29 is 63.7 Å². The number of ether oxygens (including phenoxy) is 3. The van der Waals surface area contributed by atoms with E-state index in [0.29, 0.717) is 27.7 Å². The van der Waals surface area contributed by atoms with Crippen LogP contribution in [0.4, 0.5) is 0 Å². The minimum Gasteiger partial charge on any atom is -0.423 e. The fraction of sp³-hybridized carbons (Fsp3) is 0.643. The minimum absolute atomic E-state index is 0.594. The first kappa shape index (κ1) is 27.1. The molecule has 0 aromatic heterocycles. The second-order valence-corrected chi connectivity index (χ2v) is 6.89. The summed E-state index contributed by atoms with van der Waals surface area (Å²) in [5.74, 6) is -16.2. The molecule has 0 spiro atoms. The lowest BCUT2D eigenvalue weighted by Gasteiger charge is -2.48. The zero-order valence-electron chi connectivity index (χ0n) is 15.5. The Hall–Kier alpha value is -1.92. The number of carbonyl (C=O) groups is 5. The summed E-state index contributed by atoms with van der Waals surface area (Å²) in [6.07, 6.45) is -2.76. The second-order valence-electron chi connectivity index (χ2n) is 5.62. The van der Waals surface area contributed by atoms with Crippen molar-refractivity contribution in [1.82, 2.24) is 5.32 Å². The molecule has 0 saturated carbocycles. The van der Waals surface area contributed by atoms with Crippen LogP contribution in [-0.4, -0.2) is 82.8 Å². The Bertz CT molecular complexity index is 697. The van der Waals surface area contributed by atoms with Gasteiger partial charge >= 0.3 is 41.2 Å². The molecule has 1 amide bonds. The van der Waals surface area contributed by atoms with E-state index in [1.54, 1.807) is 0 Å². The first-order valence-electron chi connectivity index (χ1n) is 7.52. The van der Waals surface area contributed by atoms with E-state index in [4.69, 9.17) is 0 Å². The number of carbonyl (C=O) groups excluding carboxylic acids is 5. The molecule has 14 nitrogen and oxygen atoms in total. The topological polar surface area (TPSA) is 226 Å². The molecule has 0 aromatic carbocycles. The molecule has 0 aromatic rings. The third kappa shape index (κ3) is 5.80. The molecule has 0 saturated heterocycles. The van der Waals surface area contributed by atoms with E-state index in [1.165, 1.54) is 5.32 Å². The molecule has 166 valence electrons. The van der Waals surface area contributed by atoms with Gasteiger partial charge in [-0.1, -0.05) is 0 Å². The molecule has 29 heavy (non-hydrogen) atoms. The summed E-state index contributed by atoms with van der Waals surface area (Å²) in [7, 11) is 0. The van der Waals surface area contributed by atoms with Crippen LogP contribution in [0.1, 0.15) is 27.7 Å². The van der Waals surface area contributed by atoms with Gasteiger partial charge in [-0.25, -0.2) is 4.79 Å². The fourth-order valence-electron chi connectivity index (χ4n) is 2.08. The van der Waals surface area contributed by atoms with E-state index in [9.17, 15) is 49.5 Å². The van der Waals surface area contributed by atoms with Crippen LogP contribution in [0, 0.1) is 0 Å². The lowest BCUT2D eigenvalue weighted by Crippen LogP contribution is -2.82. The summed E-state index contributed by atoms with van der Waals surface area (Å²) in [6, 6.07) is 0. The molecule has 0 bridgehead atoms. The quantitative estimate of drug-likeness (QED) is 0.0442. The second kappa shape index (κ2) is 9.72. The van der Waals surface area contributed by atoms with E-state index in [1.807, 2.05) is 0 Å². The van der Waals surface area contributed by atoms with Gasteiger partial charge in [0, 0.05) is 27.7 Å². The summed E-state index contributed by atoms with van der Waals surface area (Å²) in [5, 5.41) is 53.5. The van der Waals surface area contributed by atoms with E-state index in [2.05, 4.69) is 14.2 Å². The monoisotopic (exact) mass is 537 g/mol. The molecule has 0 aliphatic carbocycles. The van der Waals surface area contributed by atoms with E-state index >= 15 is 0 Å². The Morgan fingerprint density at radius 3 is 1.62 bits per heavy atom. The van der Waals surface area contributed by atoms with Gasteiger partial charge in [0.2, 0.25) is 5.91 Å². The van der Waals surface area contributed by atoms with Crippen LogP contribution in [0.25, 0.3) is 0 Å². The summed E-state index contributed by atoms with van der Waals surface area (Å²) in [5.41, 5.74) is -4.03. The molecule has 0 heterocycles. The SMILES string of the molecule is CC(=O)NC(O)(C(=O)OC(C)=O)C(O)(OC(C)=O)C(O)(OC(C)=O)C(O)C(O)I. The molecule has 0 aliphatic heterocycles. The molecule has 0 radical (unpaired) electrons. The molecular formula is C14H20INO13. The average molecular weight is 537 g/mol. The van der Waals surface area contributed by atoms with E-state index in [-0.39, 0.29) is 0 Å². The molecule has 5 atom stereocenters. The average Bonchev–Trinajstić information content (AvgIpc) is 2.50. The maximum absolute atomic E-state index is 12.3. The van der Waals surface area contributed by atoms with Crippen molar-refractivity contribution in [3.8, 4) is 0 Å². The number of alkyl halides is 1. The van der Waals surface area contributed by atoms with Gasteiger partial charge in [-0.05, 0) is 22.6 Å². The third-order valence-electron chi connectivity index (χ3n) is 3.12. The van der Waals surface area contributed by atoms with Crippen molar-refractivity contribution >= 4 is 52.4 Å². The van der Waals surface area contributed by atoms with Crippen LogP contribution >= 0.6 is 22.6 Å². The minimum atomic E-state index is -4.25. The van der Waals surface area contributed by atoms with Gasteiger partial charge in [0.05, 0.1) is 0 Å². The van der Waals surface area contributed by atoms with Gasteiger partial charge in [0.1, 0.15) is 4.11 Å². The summed E-state index contributed by atoms with van der Waals surface area (Å²) < 4.78 is 10.8. The van der Waals surface area contributed by atoms with Crippen LogP contribution in [0.15, 0.2) is 0 Å². The van der Waals surface area contributed by atoms with Gasteiger partial charge in [-0.15, -0.1) is 0 Å². The molecule has 15 heteroatoms. The molecule has 0 fully saturated rings. The maximum atomic E-state index is 12.3. The van der Waals surface area contributed by atoms with Crippen molar-refractivity contribution in [2.24, 2.45) is 0 Å². The van der Waals surface area contributed by atoms with Crippen LogP contribution in [0.5, 0.6) is 0 Å². The molecule has 0 aliphatic rings. The first-order valence-corrected chi connectivity index (χ1v) is 8.77. The highest BCUT2D eigenvalue weighted by Gasteiger charge is 2.76. The standard InChI is InChI=1S/C14H20INO13/c1-5(17)16-12(24,11(23)27-6(2)18)14(26,29-8(4)20)13(25,28-7(3)19)9(21)10(15)22/h9-10,21-22,24-26H,1-4H3,(H,16,17). The predicted molar refractivity (Wildman–Crippen MR) is 95.0 cm³/mol. The predicted octanol–water partition coefficient (Wildman–Crippen LogP) is -3.48. The number of hydrogen-bond donors (Lipinski definition) is 6. The third-order valence-corrected chi connectivity index (χ3v) is 3.80. The largest absolute Gasteiger partial charge is 0.423 e. The van der Waals surface area contributed by atoms with Crippen LogP contribution in [-0.2, 0) is 38.2 Å². The Balaban J connectivity index is 7.09. The van der Waals surface area contributed by atoms with Gasteiger partial charge in [0.15, 0.2) is 6.10 Å². The Morgan fingerprint density at radius 2 is 1.31 bits per heavy atom. The van der Waals surface area contributed by atoms with Gasteiger partial charge in [-0.3, -0.25) is 19.2 Å². The van der Waals surface area contributed by atoms with Crippen molar-refractivity contribution in [1.29, 1.82) is 0 Å². The number of esters is 4. The summed E-state index contributed by atoms with van der Waals surface area (Å²) >= 11 is 1.07. The summed E-state index contributed by atoms with van der Waals surface area (Å²) in [4.78, 5) is 57.9. The van der Waals surface area contributed by atoms with Crippen molar-refractivity contribution in [3.63, 3.8) is 0 Å². The van der Waals surface area contributed by atoms with Crippen molar-refractivity contribution in [3.05, 3.63) is 0 Å². The van der Waals surface area contributed by atoms with Crippen molar-refractivity contribution in [2.75, 3.05) is 0 Å². The highest BCUT2D eigenvalue weighted by Crippen LogP contribution is 2.40.